The monoisotopic (exact) mass is 922 g/mol. The zero-order chi connectivity index (χ0) is 45.6. The lowest BCUT2D eigenvalue weighted by molar-refractivity contribution is -0.138. The van der Waals surface area contributed by atoms with Gasteiger partial charge in [-0.1, -0.05) is 23.2 Å². The van der Waals surface area contributed by atoms with E-state index < -0.39 is 72.3 Å². The molecule has 62 heavy (non-hydrogen) atoms. The molecule has 0 bridgehead atoms. The number of carbonyl (C=O) groups is 2. The van der Waals surface area contributed by atoms with Crippen molar-refractivity contribution in [3.05, 3.63) is 117 Å². The molecule has 6 rings (SSSR count). The number of urea groups is 2. The first-order valence-electron chi connectivity index (χ1n) is 18.8. The molecule has 22 heteroatoms. The van der Waals surface area contributed by atoms with Gasteiger partial charge in [0.2, 0.25) is 0 Å². The minimum Gasteiger partial charge on any atom is -0.393 e. The van der Waals surface area contributed by atoms with E-state index in [2.05, 4.69) is 20.6 Å². The number of halogens is 10. The smallest absolute Gasteiger partial charge is 0.393 e. The highest BCUT2D eigenvalue weighted by molar-refractivity contribution is 6.31. The maximum atomic E-state index is 15.5. The standard InChI is InChI=1S/2C20H20ClF4N3O3/c2*21-15-9-12(16(30)11-29)10-26-17(15)19(22)5-7-28(8-6-19)18(31)27-14-3-1-13(2-4-14)20(23,24)25/h2*1-4,9-10,16,29-30H,5-8,11H2,(H,27,31)/t16-;/m1./s1. The molecule has 4 amide bonds. The van der Waals surface area contributed by atoms with Crippen molar-refractivity contribution < 1.29 is 65.1 Å². The topological polar surface area (TPSA) is 171 Å². The van der Waals surface area contributed by atoms with Crippen LogP contribution in [0.2, 0.25) is 10.0 Å². The summed E-state index contributed by atoms with van der Waals surface area (Å²) in [7, 11) is 0. The Kier molecular flexibility index (Phi) is 15.3. The molecule has 336 valence electrons. The molecule has 2 aliphatic heterocycles. The third kappa shape index (κ3) is 11.8. The van der Waals surface area contributed by atoms with Crippen LogP contribution in [-0.2, 0) is 23.7 Å². The Morgan fingerprint density at radius 3 is 1.19 bits per heavy atom. The number of likely N-dealkylation sites (tertiary alicyclic amines) is 2. The zero-order valence-electron chi connectivity index (χ0n) is 32.3. The predicted molar refractivity (Wildman–Crippen MR) is 211 cm³/mol. The lowest BCUT2D eigenvalue weighted by Gasteiger charge is -2.36. The summed E-state index contributed by atoms with van der Waals surface area (Å²) in [6.07, 6.45) is -9.13. The van der Waals surface area contributed by atoms with Crippen LogP contribution in [0.4, 0.5) is 56.1 Å². The van der Waals surface area contributed by atoms with Gasteiger partial charge in [0.1, 0.15) is 12.2 Å². The van der Waals surface area contributed by atoms with Gasteiger partial charge in [-0.05, 0) is 60.7 Å². The van der Waals surface area contributed by atoms with E-state index in [9.17, 15) is 46.1 Å². The molecule has 4 heterocycles. The first-order valence-corrected chi connectivity index (χ1v) is 19.6. The number of carbonyl (C=O) groups excluding carboxylic acids is 2. The molecule has 2 aromatic heterocycles. The number of nitrogens with one attached hydrogen (secondary N) is 2. The Morgan fingerprint density at radius 2 is 0.935 bits per heavy atom. The maximum absolute atomic E-state index is 15.5. The van der Waals surface area contributed by atoms with Gasteiger partial charge in [0.15, 0.2) is 11.3 Å². The van der Waals surface area contributed by atoms with Crippen molar-refractivity contribution in [1.82, 2.24) is 19.8 Å². The molecule has 1 unspecified atom stereocenters. The Bertz CT molecular complexity index is 2020. The van der Waals surface area contributed by atoms with Crippen molar-refractivity contribution >= 4 is 46.6 Å². The number of alkyl halides is 8. The summed E-state index contributed by atoms with van der Waals surface area (Å²) < 4.78 is 107. The van der Waals surface area contributed by atoms with Crippen LogP contribution >= 0.6 is 23.2 Å². The van der Waals surface area contributed by atoms with Gasteiger partial charge in [0.25, 0.3) is 0 Å². The average Bonchev–Trinajstić information content (AvgIpc) is 3.23. The van der Waals surface area contributed by atoms with E-state index in [1.54, 1.807) is 0 Å². The lowest BCUT2D eigenvalue weighted by Crippen LogP contribution is -2.45. The summed E-state index contributed by atoms with van der Waals surface area (Å²) >= 11 is 12.3. The summed E-state index contributed by atoms with van der Waals surface area (Å²) in [5.41, 5.74) is -4.54. The van der Waals surface area contributed by atoms with E-state index in [1.807, 2.05) is 0 Å². The van der Waals surface area contributed by atoms with Gasteiger partial charge in [0.05, 0.1) is 45.8 Å². The van der Waals surface area contributed by atoms with Crippen LogP contribution in [0.1, 0.15) is 71.5 Å². The highest BCUT2D eigenvalue weighted by atomic mass is 35.5. The highest BCUT2D eigenvalue weighted by Crippen LogP contribution is 2.42. The van der Waals surface area contributed by atoms with Crippen molar-refractivity contribution in [2.45, 2.75) is 61.6 Å². The predicted octanol–water partition coefficient (Wildman–Crippen LogP) is 8.54. The molecule has 0 saturated carbocycles. The number of nitrogens with zero attached hydrogens (tertiary/aromatic N) is 4. The molecule has 0 aliphatic carbocycles. The van der Waals surface area contributed by atoms with Crippen LogP contribution in [0.3, 0.4) is 0 Å². The van der Waals surface area contributed by atoms with Crippen LogP contribution < -0.4 is 10.6 Å². The van der Waals surface area contributed by atoms with E-state index in [-0.39, 0.29) is 95.8 Å². The highest BCUT2D eigenvalue weighted by Gasteiger charge is 2.42. The number of amides is 4. The third-order valence-corrected chi connectivity index (χ3v) is 10.9. The fourth-order valence-electron chi connectivity index (χ4n) is 6.63. The van der Waals surface area contributed by atoms with Gasteiger partial charge in [-0.15, -0.1) is 0 Å². The Hall–Kier alpha value is -4.86. The molecular formula is C40H40Cl2F8N6O6. The number of aliphatic hydroxyl groups is 4. The van der Waals surface area contributed by atoms with Crippen molar-refractivity contribution in [1.29, 1.82) is 0 Å². The minimum atomic E-state index is -4.47. The van der Waals surface area contributed by atoms with Gasteiger partial charge in [-0.25, -0.2) is 18.4 Å². The van der Waals surface area contributed by atoms with Crippen molar-refractivity contribution in [2.75, 3.05) is 50.0 Å². The van der Waals surface area contributed by atoms with Gasteiger partial charge in [0, 0.05) is 86.8 Å². The maximum Gasteiger partial charge on any atom is 0.416 e. The van der Waals surface area contributed by atoms with E-state index in [4.69, 9.17) is 33.4 Å². The van der Waals surface area contributed by atoms with Crippen molar-refractivity contribution in [2.24, 2.45) is 0 Å². The number of anilines is 2. The molecule has 2 aromatic carbocycles. The zero-order valence-corrected chi connectivity index (χ0v) is 33.8. The second-order valence-electron chi connectivity index (χ2n) is 14.5. The second-order valence-corrected chi connectivity index (χ2v) is 15.3. The first-order chi connectivity index (χ1) is 29.1. The van der Waals surface area contributed by atoms with Crippen LogP contribution in [0.25, 0.3) is 0 Å². The van der Waals surface area contributed by atoms with Crippen LogP contribution in [-0.4, -0.2) is 91.6 Å². The van der Waals surface area contributed by atoms with Crippen molar-refractivity contribution in [3.63, 3.8) is 0 Å². The summed E-state index contributed by atoms with van der Waals surface area (Å²) in [5.74, 6) is 0. The van der Waals surface area contributed by atoms with Gasteiger partial charge < -0.3 is 40.9 Å². The summed E-state index contributed by atoms with van der Waals surface area (Å²) in [6.45, 7) is -0.879. The molecule has 2 atom stereocenters. The van der Waals surface area contributed by atoms with E-state index >= 15 is 8.78 Å². The normalized spacial score (nSPS) is 17.3. The number of benzene rings is 2. The Balaban J connectivity index is 0.000000234. The molecule has 6 N–H and O–H groups in total. The van der Waals surface area contributed by atoms with Gasteiger partial charge >= 0.3 is 24.4 Å². The minimum absolute atomic E-state index is 0.00847. The van der Waals surface area contributed by atoms with Crippen LogP contribution in [0, 0.1) is 0 Å². The summed E-state index contributed by atoms with van der Waals surface area (Å²) in [5, 5.41) is 42.3. The van der Waals surface area contributed by atoms with Crippen molar-refractivity contribution in [3.8, 4) is 0 Å². The number of piperidine rings is 2. The molecule has 0 spiro atoms. The fourth-order valence-corrected chi connectivity index (χ4v) is 7.32. The number of pyridine rings is 2. The number of rotatable bonds is 8. The van der Waals surface area contributed by atoms with Gasteiger partial charge in [-0.3, -0.25) is 9.97 Å². The molecular weight excluding hydrogens is 883 g/mol. The second kappa shape index (κ2) is 19.7. The number of aliphatic hydroxyl groups excluding tert-OH is 4. The Labute approximate surface area is 359 Å². The molecule has 0 radical (unpaired) electrons. The lowest BCUT2D eigenvalue weighted by atomic mass is 9.89. The quantitative estimate of drug-likeness (QED) is 0.0956. The third-order valence-electron chi connectivity index (χ3n) is 10.3. The van der Waals surface area contributed by atoms with E-state index in [1.165, 1.54) is 34.3 Å². The fraction of sp³-hybridized carbons (Fsp3) is 0.400. The van der Waals surface area contributed by atoms with E-state index in [0.717, 1.165) is 48.5 Å². The number of hydrogen-bond acceptors (Lipinski definition) is 8. The number of aromatic nitrogens is 2. The molecule has 2 saturated heterocycles. The number of hydrogen-bond donors (Lipinski definition) is 6. The summed E-state index contributed by atoms with van der Waals surface area (Å²) in [6, 6.07) is 9.63. The molecule has 2 fully saturated rings. The average molecular weight is 924 g/mol. The Morgan fingerprint density at radius 1 is 0.629 bits per heavy atom. The SMILES string of the molecule is O=C(Nc1ccc(C(F)(F)F)cc1)N1CCC(F)(c2ncc(C(O)CO)cc2Cl)CC1.O=C(Nc1ccc(C(F)(F)F)cc1)N1CCC(F)(c2ncc([C@H](O)CO)cc2Cl)CC1. The van der Waals surface area contributed by atoms with Crippen LogP contribution in [0.5, 0.6) is 0 Å². The van der Waals surface area contributed by atoms with Gasteiger partial charge in [-0.2, -0.15) is 26.3 Å². The molecule has 12 nitrogen and oxygen atoms in total. The summed E-state index contributed by atoms with van der Waals surface area (Å²) in [4.78, 5) is 35.5. The van der Waals surface area contributed by atoms with E-state index in [0.29, 0.717) is 0 Å². The molecule has 2 aliphatic rings. The molecule has 4 aromatic rings. The largest absolute Gasteiger partial charge is 0.416 e. The van der Waals surface area contributed by atoms with Crippen LogP contribution in [0.15, 0.2) is 73.1 Å². The first kappa shape index (κ1) is 48.2.